The van der Waals surface area contributed by atoms with E-state index in [1.807, 2.05) is 6.07 Å². The Morgan fingerprint density at radius 2 is 2.00 bits per heavy atom. The number of aryl methyl sites for hydroxylation is 2. The summed E-state index contributed by atoms with van der Waals surface area (Å²) in [6.45, 7) is 12.0. The first-order valence-electron chi connectivity index (χ1n) is 8.28. The molecule has 1 aliphatic rings. The Morgan fingerprint density at radius 1 is 1.32 bits per heavy atom. The zero-order valence-electron chi connectivity index (χ0n) is 14.3. The Balaban J connectivity index is 1.73. The number of amides is 1. The largest absolute Gasteiger partial charge is 0.376 e. The first-order chi connectivity index (χ1) is 10.5. The molecule has 22 heavy (non-hydrogen) atoms. The minimum atomic E-state index is 0.0747. The van der Waals surface area contributed by atoms with E-state index in [1.165, 1.54) is 17.5 Å². The van der Waals surface area contributed by atoms with Crippen LogP contribution in [0.2, 0.25) is 0 Å². The van der Waals surface area contributed by atoms with Crippen molar-refractivity contribution in [1.29, 1.82) is 0 Å². The van der Waals surface area contributed by atoms with E-state index < -0.39 is 0 Å². The minimum Gasteiger partial charge on any atom is -0.376 e. The second-order valence-corrected chi connectivity index (χ2v) is 6.67. The molecule has 0 unspecified atom stereocenters. The number of nitrogens with one attached hydrogen (secondary N) is 2. The molecule has 1 atom stereocenters. The second-order valence-electron chi connectivity index (χ2n) is 6.67. The Kier molecular flexibility index (Phi) is 5.83. The van der Waals surface area contributed by atoms with Gasteiger partial charge in [-0.2, -0.15) is 0 Å². The third kappa shape index (κ3) is 4.47. The lowest BCUT2D eigenvalue weighted by atomic mass is 10.1. The molecule has 0 aromatic heterocycles. The third-order valence-corrected chi connectivity index (χ3v) is 4.54. The van der Waals surface area contributed by atoms with Gasteiger partial charge in [-0.3, -0.25) is 4.79 Å². The van der Waals surface area contributed by atoms with Gasteiger partial charge in [-0.05, 0) is 57.7 Å². The lowest BCUT2D eigenvalue weighted by Gasteiger charge is -2.20. The van der Waals surface area contributed by atoms with Crippen LogP contribution < -0.4 is 10.6 Å². The van der Waals surface area contributed by atoms with Crippen LogP contribution >= 0.6 is 0 Å². The molecule has 1 aliphatic heterocycles. The molecular weight excluding hydrogens is 274 g/mol. The number of likely N-dealkylation sites (tertiary alicyclic amines) is 1. The highest BCUT2D eigenvalue weighted by atomic mass is 16.1. The monoisotopic (exact) mass is 303 g/mol. The first-order valence-corrected chi connectivity index (χ1v) is 8.28. The number of benzene rings is 1. The molecule has 4 heteroatoms. The summed E-state index contributed by atoms with van der Waals surface area (Å²) in [6, 6.07) is 6.76. The molecule has 2 rings (SSSR count). The van der Waals surface area contributed by atoms with E-state index >= 15 is 0 Å². The van der Waals surface area contributed by atoms with Gasteiger partial charge in [0.15, 0.2) is 0 Å². The van der Waals surface area contributed by atoms with Crippen LogP contribution in [0, 0.1) is 19.8 Å². The highest BCUT2D eigenvalue weighted by Gasteiger charge is 2.24. The van der Waals surface area contributed by atoms with E-state index in [4.69, 9.17) is 0 Å². The van der Waals surface area contributed by atoms with Crippen molar-refractivity contribution in [2.75, 3.05) is 31.5 Å². The fourth-order valence-corrected chi connectivity index (χ4v) is 3.08. The van der Waals surface area contributed by atoms with E-state index in [-0.39, 0.29) is 5.91 Å². The second kappa shape index (κ2) is 7.63. The lowest BCUT2D eigenvalue weighted by Crippen LogP contribution is -2.35. The molecular formula is C18H29N3O. The summed E-state index contributed by atoms with van der Waals surface area (Å²) in [7, 11) is 0. The fraction of sp³-hybridized carbons (Fsp3) is 0.611. The van der Waals surface area contributed by atoms with Gasteiger partial charge in [0.2, 0.25) is 5.91 Å². The van der Waals surface area contributed by atoms with Crippen molar-refractivity contribution >= 4 is 11.6 Å². The van der Waals surface area contributed by atoms with Gasteiger partial charge in [0.05, 0.1) is 6.54 Å². The third-order valence-electron chi connectivity index (χ3n) is 4.54. The van der Waals surface area contributed by atoms with Crippen molar-refractivity contribution in [1.82, 2.24) is 10.2 Å². The van der Waals surface area contributed by atoms with Crippen LogP contribution in [0.15, 0.2) is 18.2 Å². The Hall–Kier alpha value is -1.55. The number of para-hydroxylation sites is 1. The summed E-state index contributed by atoms with van der Waals surface area (Å²) >= 11 is 0. The van der Waals surface area contributed by atoms with Crippen molar-refractivity contribution in [3.05, 3.63) is 29.3 Å². The average Bonchev–Trinajstić information content (AvgIpc) is 2.93. The highest BCUT2D eigenvalue weighted by Crippen LogP contribution is 2.19. The van der Waals surface area contributed by atoms with E-state index in [9.17, 15) is 4.79 Å². The zero-order chi connectivity index (χ0) is 16.1. The number of hydrogen-bond donors (Lipinski definition) is 2. The number of carbonyl (C=O) groups is 1. The normalized spacial score (nSPS) is 18.7. The number of hydrogen-bond acceptors (Lipinski definition) is 3. The van der Waals surface area contributed by atoms with E-state index in [0.29, 0.717) is 18.5 Å². The average molecular weight is 303 g/mol. The molecule has 0 saturated carbocycles. The van der Waals surface area contributed by atoms with Crippen LogP contribution in [0.5, 0.6) is 0 Å². The van der Waals surface area contributed by atoms with E-state index in [1.54, 1.807) is 0 Å². The molecule has 4 nitrogen and oxygen atoms in total. The van der Waals surface area contributed by atoms with Crippen LogP contribution in [0.4, 0.5) is 5.69 Å². The Morgan fingerprint density at radius 3 is 2.59 bits per heavy atom. The van der Waals surface area contributed by atoms with Crippen LogP contribution in [0.25, 0.3) is 0 Å². The maximum Gasteiger partial charge on any atom is 0.239 e. The number of rotatable bonds is 6. The van der Waals surface area contributed by atoms with Crippen molar-refractivity contribution in [3.8, 4) is 0 Å². The molecule has 1 fully saturated rings. The standard InChI is InChI=1S/C18H29N3O/c1-13(2)21-9-8-16(12-21)10-19-17(22)11-20-18-14(3)6-5-7-15(18)4/h5-7,13,16,20H,8-12H2,1-4H3,(H,19,22)/t16-/m0/s1. The highest BCUT2D eigenvalue weighted by molar-refractivity contribution is 5.81. The molecule has 1 aromatic carbocycles. The molecule has 0 radical (unpaired) electrons. The SMILES string of the molecule is Cc1cccc(C)c1NCC(=O)NC[C@@H]1CCN(C(C)C)C1. The van der Waals surface area contributed by atoms with E-state index in [0.717, 1.165) is 25.3 Å². The van der Waals surface area contributed by atoms with Crippen molar-refractivity contribution < 1.29 is 4.79 Å². The number of nitrogens with zero attached hydrogens (tertiary/aromatic N) is 1. The van der Waals surface area contributed by atoms with Gasteiger partial charge in [0.1, 0.15) is 0 Å². The minimum absolute atomic E-state index is 0.0747. The Bertz CT molecular complexity index is 493. The number of carbonyl (C=O) groups excluding carboxylic acids is 1. The van der Waals surface area contributed by atoms with Crippen molar-refractivity contribution in [2.24, 2.45) is 5.92 Å². The molecule has 0 bridgehead atoms. The molecule has 122 valence electrons. The smallest absolute Gasteiger partial charge is 0.239 e. The zero-order valence-corrected chi connectivity index (χ0v) is 14.3. The van der Waals surface area contributed by atoms with E-state index in [2.05, 4.69) is 55.4 Å². The summed E-state index contributed by atoms with van der Waals surface area (Å²) in [6.07, 6.45) is 1.18. The molecule has 2 N–H and O–H groups in total. The van der Waals surface area contributed by atoms with Crippen LogP contribution in [-0.4, -0.2) is 43.0 Å². The fourth-order valence-electron chi connectivity index (χ4n) is 3.08. The number of anilines is 1. The quantitative estimate of drug-likeness (QED) is 0.849. The van der Waals surface area contributed by atoms with Gasteiger partial charge in [-0.15, -0.1) is 0 Å². The van der Waals surface area contributed by atoms with Gasteiger partial charge in [-0.1, -0.05) is 18.2 Å². The maximum absolute atomic E-state index is 12.0. The van der Waals surface area contributed by atoms with Gasteiger partial charge < -0.3 is 15.5 Å². The first kappa shape index (κ1) is 16.8. The molecule has 1 saturated heterocycles. The van der Waals surface area contributed by atoms with Crippen LogP contribution in [-0.2, 0) is 4.79 Å². The summed E-state index contributed by atoms with van der Waals surface area (Å²) in [5.41, 5.74) is 3.43. The predicted molar refractivity (Wildman–Crippen MR) is 92.2 cm³/mol. The topological polar surface area (TPSA) is 44.4 Å². The Labute approximate surface area is 134 Å². The van der Waals surface area contributed by atoms with Gasteiger partial charge in [0.25, 0.3) is 0 Å². The summed E-state index contributed by atoms with van der Waals surface area (Å²) in [4.78, 5) is 14.5. The molecule has 1 heterocycles. The summed E-state index contributed by atoms with van der Waals surface area (Å²) in [5.74, 6) is 0.664. The molecule has 1 amide bonds. The maximum atomic E-state index is 12.0. The predicted octanol–water partition coefficient (Wildman–Crippen LogP) is 2.56. The summed E-state index contributed by atoms with van der Waals surface area (Å²) < 4.78 is 0. The van der Waals surface area contributed by atoms with Gasteiger partial charge in [0, 0.05) is 24.8 Å². The molecule has 0 spiro atoms. The van der Waals surface area contributed by atoms with Crippen LogP contribution in [0.1, 0.15) is 31.4 Å². The molecule has 0 aliphatic carbocycles. The summed E-state index contributed by atoms with van der Waals surface area (Å²) in [5, 5.41) is 6.33. The lowest BCUT2D eigenvalue weighted by molar-refractivity contribution is -0.119. The van der Waals surface area contributed by atoms with Crippen LogP contribution in [0.3, 0.4) is 0 Å². The van der Waals surface area contributed by atoms with Gasteiger partial charge in [-0.25, -0.2) is 0 Å². The van der Waals surface area contributed by atoms with Gasteiger partial charge >= 0.3 is 0 Å². The van der Waals surface area contributed by atoms with Crippen molar-refractivity contribution in [3.63, 3.8) is 0 Å². The molecule has 1 aromatic rings. The van der Waals surface area contributed by atoms with Crippen molar-refractivity contribution in [2.45, 2.75) is 40.2 Å².